The smallest absolute Gasteiger partial charge is 0.253 e. The molecule has 1 aliphatic rings. The van der Waals surface area contributed by atoms with Crippen molar-refractivity contribution in [2.24, 2.45) is 12.1 Å². The van der Waals surface area contributed by atoms with Crippen molar-refractivity contribution in [2.75, 3.05) is 5.75 Å². The monoisotopic (exact) mass is 422 g/mol. The lowest BCUT2D eigenvalue weighted by atomic mass is 10.1. The van der Waals surface area contributed by atoms with Crippen LogP contribution in [0.1, 0.15) is 23.1 Å². The number of hydrogen-bond donors (Lipinski definition) is 0. The third-order valence-electron chi connectivity index (χ3n) is 4.91. The van der Waals surface area contributed by atoms with Crippen molar-refractivity contribution in [3.63, 3.8) is 0 Å². The molecule has 4 aromatic rings. The molecule has 5 rings (SSSR count). The molecule has 6 nitrogen and oxygen atoms in total. The van der Waals surface area contributed by atoms with Crippen LogP contribution in [0.5, 0.6) is 0 Å². The maximum atomic E-state index is 13.1. The van der Waals surface area contributed by atoms with Crippen LogP contribution >= 0.6 is 23.1 Å². The SMILES string of the molecule is Cn1c(SCC(=O)N2N=C(c3ccco3)CC2c2cccs2)nc2ccccc21. The minimum absolute atomic E-state index is 0.0398. The second-order valence-corrected chi connectivity index (χ2v) is 8.65. The van der Waals surface area contributed by atoms with Crippen molar-refractivity contribution in [1.82, 2.24) is 14.6 Å². The van der Waals surface area contributed by atoms with Crippen molar-refractivity contribution < 1.29 is 9.21 Å². The van der Waals surface area contributed by atoms with Crippen molar-refractivity contribution in [3.05, 3.63) is 70.8 Å². The molecule has 3 aromatic heterocycles. The van der Waals surface area contributed by atoms with Gasteiger partial charge in [-0.15, -0.1) is 11.3 Å². The van der Waals surface area contributed by atoms with Gasteiger partial charge in [0.05, 0.1) is 29.1 Å². The van der Waals surface area contributed by atoms with Crippen LogP contribution in [0.15, 0.2) is 74.8 Å². The Morgan fingerprint density at radius 2 is 2.14 bits per heavy atom. The van der Waals surface area contributed by atoms with Gasteiger partial charge in [-0.2, -0.15) is 5.10 Å². The molecule has 146 valence electrons. The molecule has 8 heteroatoms. The van der Waals surface area contributed by atoms with E-state index in [1.165, 1.54) is 11.8 Å². The topological polar surface area (TPSA) is 63.6 Å². The maximum absolute atomic E-state index is 13.1. The van der Waals surface area contributed by atoms with Gasteiger partial charge in [-0.05, 0) is 35.7 Å². The summed E-state index contributed by atoms with van der Waals surface area (Å²) < 4.78 is 7.53. The van der Waals surface area contributed by atoms with Gasteiger partial charge in [-0.1, -0.05) is 30.0 Å². The van der Waals surface area contributed by atoms with Gasteiger partial charge in [-0.3, -0.25) is 4.79 Å². The van der Waals surface area contributed by atoms with Crippen LogP contribution in [0, 0.1) is 0 Å². The van der Waals surface area contributed by atoms with Gasteiger partial charge in [0.1, 0.15) is 11.5 Å². The van der Waals surface area contributed by atoms with Crippen molar-refractivity contribution >= 4 is 45.8 Å². The summed E-state index contributed by atoms with van der Waals surface area (Å²) in [4.78, 5) is 18.9. The maximum Gasteiger partial charge on any atom is 0.253 e. The molecule has 1 aromatic carbocycles. The number of thiophene rings is 1. The highest BCUT2D eigenvalue weighted by Crippen LogP contribution is 2.36. The summed E-state index contributed by atoms with van der Waals surface area (Å²) >= 11 is 3.08. The van der Waals surface area contributed by atoms with Crippen LogP contribution in [0.3, 0.4) is 0 Å². The summed E-state index contributed by atoms with van der Waals surface area (Å²) in [5.74, 6) is 0.945. The van der Waals surface area contributed by atoms with E-state index in [9.17, 15) is 4.79 Å². The molecule has 1 atom stereocenters. The normalized spacial score (nSPS) is 16.5. The Kier molecular flexibility index (Phi) is 4.73. The summed E-state index contributed by atoms with van der Waals surface area (Å²) in [5, 5.41) is 9.07. The zero-order valence-corrected chi connectivity index (χ0v) is 17.3. The van der Waals surface area contributed by atoms with Gasteiger partial charge >= 0.3 is 0 Å². The third kappa shape index (κ3) is 3.38. The van der Waals surface area contributed by atoms with Crippen LogP contribution in [-0.2, 0) is 11.8 Å². The first-order chi connectivity index (χ1) is 14.2. The van der Waals surface area contributed by atoms with E-state index in [0.717, 1.165) is 26.8 Å². The van der Waals surface area contributed by atoms with Crippen LogP contribution in [0.2, 0.25) is 0 Å². The van der Waals surface area contributed by atoms with Crippen LogP contribution in [0.4, 0.5) is 0 Å². The van der Waals surface area contributed by atoms with Gasteiger partial charge in [-0.25, -0.2) is 9.99 Å². The standard InChI is InChI=1S/C21H18N4O2S2/c1-24-16-7-3-2-6-14(16)22-21(24)29-13-20(26)25-17(19-9-5-11-28-19)12-15(23-25)18-8-4-10-27-18/h2-11,17H,12-13H2,1H3. The molecule has 0 saturated carbocycles. The largest absolute Gasteiger partial charge is 0.463 e. The summed E-state index contributed by atoms with van der Waals surface area (Å²) in [5.41, 5.74) is 2.79. The van der Waals surface area contributed by atoms with Crippen molar-refractivity contribution in [2.45, 2.75) is 17.6 Å². The van der Waals surface area contributed by atoms with Gasteiger partial charge in [0.25, 0.3) is 5.91 Å². The predicted molar refractivity (Wildman–Crippen MR) is 115 cm³/mol. The highest BCUT2D eigenvalue weighted by Gasteiger charge is 2.34. The Bertz CT molecular complexity index is 1180. The first-order valence-electron chi connectivity index (χ1n) is 9.22. The van der Waals surface area contributed by atoms with Crippen LogP contribution in [0.25, 0.3) is 11.0 Å². The Morgan fingerprint density at radius 3 is 2.90 bits per heavy atom. The number of carbonyl (C=O) groups excluding carboxylic acids is 1. The molecule has 1 aliphatic heterocycles. The highest BCUT2D eigenvalue weighted by molar-refractivity contribution is 7.99. The van der Waals surface area contributed by atoms with E-state index in [-0.39, 0.29) is 17.7 Å². The molecule has 0 saturated heterocycles. The third-order valence-corrected chi connectivity index (χ3v) is 6.90. The highest BCUT2D eigenvalue weighted by atomic mass is 32.2. The summed E-state index contributed by atoms with van der Waals surface area (Å²) in [6.45, 7) is 0. The summed E-state index contributed by atoms with van der Waals surface area (Å²) in [6, 6.07) is 15.6. The van der Waals surface area contributed by atoms with Gasteiger partial charge in [0, 0.05) is 18.3 Å². The molecule has 4 heterocycles. The van der Waals surface area contributed by atoms with E-state index in [0.29, 0.717) is 12.2 Å². The van der Waals surface area contributed by atoms with E-state index >= 15 is 0 Å². The second kappa shape index (κ2) is 7.53. The van der Waals surface area contributed by atoms with Gasteiger partial charge in [0.15, 0.2) is 5.16 Å². The van der Waals surface area contributed by atoms with Gasteiger partial charge in [0.2, 0.25) is 0 Å². The zero-order chi connectivity index (χ0) is 19.8. The molecule has 1 amide bonds. The minimum Gasteiger partial charge on any atom is -0.463 e. The minimum atomic E-state index is -0.0938. The number of carbonyl (C=O) groups is 1. The predicted octanol–water partition coefficient (Wildman–Crippen LogP) is 4.70. The average molecular weight is 423 g/mol. The molecule has 1 unspecified atom stereocenters. The van der Waals surface area contributed by atoms with Crippen LogP contribution in [-0.4, -0.2) is 31.9 Å². The van der Waals surface area contributed by atoms with E-state index in [1.807, 2.05) is 59.5 Å². The molecule has 0 aliphatic carbocycles. The number of furan rings is 1. The van der Waals surface area contributed by atoms with Crippen LogP contribution < -0.4 is 0 Å². The number of hydrazone groups is 1. The molecule has 0 spiro atoms. The first kappa shape index (κ1) is 18.2. The Labute approximate surface area is 175 Å². The fourth-order valence-corrected chi connectivity index (χ4v) is 5.13. The summed E-state index contributed by atoms with van der Waals surface area (Å²) in [6.07, 6.45) is 2.28. The number of aromatic nitrogens is 2. The average Bonchev–Trinajstić information content (AvgIpc) is 3.52. The van der Waals surface area contributed by atoms with E-state index in [1.54, 1.807) is 22.6 Å². The number of benzene rings is 1. The quantitative estimate of drug-likeness (QED) is 0.438. The second-order valence-electron chi connectivity index (χ2n) is 6.73. The van der Waals surface area contributed by atoms with E-state index in [4.69, 9.17) is 4.42 Å². The number of fused-ring (bicyclic) bond motifs is 1. The van der Waals surface area contributed by atoms with E-state index < -0.39 is 0 Å². The van der Waals surface area contributed by atoms with E-state index in [2.05, 4.69) is 16.2 Å². The van der Waals surface area contributed by atoms with Gasteiger partial charge < -0.3 is 8.98 Å². The number of imidazole rings is 1. The first-order valence-corrected chi connectivity index (χ1v) is 11.1. The number of nitrogens with zero attached hydrogens (tertiary/aromatic N) is 4. The Balaban J connectivity index is 1.38. The molecule has 0 N–H and O–H groups in total. The lowest BCUT2D eigenvalue weighted by Gasteiger charge is -2.20. The zero-order valence-electron chi connectivity index (χ0n) is 15.7. The molecule has 0 radical (unpaired) electrons. The Hall–Kier alpha value is -2.84. The van der Waals surface area contributed by atoms with Crippen molar-refractivity contribution in [1.29, 1.82) is 0 Å². The number of thioether (sulfide) groups is 1. The molecule has 29 heavy (non-hydrogen) atoms. The number of rotatable bonds is 5. The molecule has 0 fully saturated rings. The molecule has 0 bridgehead atoms. The lowest BCUT2D eigenvalue weighted by Crippen LogP contribution is -2.28. The Morgan fingerprint density at radius 1 is 1.24 bits per heavy atom. The fraction of sp³-hybridized carbons (Fsp3) is 0.190. The fourth-order valence-electron chi connectivity index (χ4n) is 3.48. The number of para-hydroxylation sites is 2. The lowest BCUT2D eigenvalue weighted by molar-refractivity contribution is -0.130. The summed E-state index contributed by atoms with van der Waals surface area (Å²) in [7, 11) is 1.97. The number of amides is 1. The van der Waals surface area contributed by atoms with Crippen molar-refractivity contribution in [3.8, 4) is 0 Å². The number of hydrogen-bond acceptors (Lipinski definition) is 6. The molecular formula is C21H18N4O2S2. The molecular weight excluding hydrogens is 404 g/mol. The number of aryl methyl sites for hydroxylation is 1.